The van der Waals surface area contributed by atoms with Crippen molar-refractivity contribution < 1.29 is 14.0 Å². The molecule has 0 atom stereocenters. The standard InChI is InChI=1S/C21H21N5O3S/c1-4-19(27)24-21-23-16-7-5-14(10-18(16)30-21)22-20(28)17-8-6-15(29-17)11-26-13(3)9-12(2)25-26/h5-10H,4,11H2,1-3H3,(H,22,28)(H,23,24,27). The molecule has 0 saturated heterocycles. The number of thiazole rings is 1. The number of hydrogen-bond donors (Lipinski definition) is 2. The number of rotatable bonds is 6. The van der Waals surface area contributed by atoms with Crippen molar-refractivity contribution in [1.82, 2.24) is 14.8 Å². The van der Waals surface area contributed by atoms with Crippen molar-refractivity contribution >= 4 is 44.2 Å². The highest BCUT2D eigenvalue weighted by Crippen LogP contribution is 2.28. The van der Waals surface area contributed by atoms with Gasteiger partial charge < -0.3 is 15.1 Å². The summed E-state index contributed by atoms with van der Waals surface area (Å²) in [6, 6.07) is 10.8. The predicted octanol–water partition coefficient (Wildman–Crippen LogP) is 4.35. The van der Waals surface area contributed by atoms with E-state index in [0.717, 1.165) is 21.6 Å². The monoisotopic (exact) mass is 423 g/mol. The van der Waals surface area contributed by atoms with Gasteiger partial charge in [0.05, 0.1) is 22.5 Å². The first-order valence-electron chi connectivity index (χ1n) is 9.53. The van der Waals surface area contributed by atoms with Crippen LogP contribution in [0.3, 0.4) is 0 Å². The summed E-state index contributed by atoms with van der Waals surface area (Å²) in [5.41, 5.74) is 3.35. The fourth-order valence-corrected chi connectivity index (χ4v) is 3.95. The van der Waals surface area contributed by atoms with E-state index in [9.17, 15) is 9.59 Å². The third-order valence-corrected chi connectivity index (χ3v) is 5.44. The molecule has 4 rings (SSSR count). The van der Waals surface area contributed by atoms with Crippen molar-refractivity contribution in [2.45, 2.75) is 33.7 Å². The SMILES string of the molecule is CCC(=O)Nc1nc2ccc(NC(=O)c3ccc(Cn4nc(C)cc4C)o3)cc2s1. The van der Waals surface area contributed by atoms with Crippen molar-refractivity contribution in [3.05, 3.63) is 59.3 Å². The van der Waals surface area contributed by atoms with Crippen LogP contribution >= 0.6 is 11.3 Å². The van der Waals surface area contributed by atoms with Crippen LogP contribution in [0, 0.1) is 13.8 Å². The van der Waals surface area contributed by atoms with Crippen LogP contribution in [0.5, 0.6) is 0 Å². The molecule has 0 radical (unpaired) electrons. The highest BCUT2D eigenvalue weighted by molar-refractivity contribution is 7.22. The highest BCUT2D eigenvalue weighted by atomic mass is 32.1. The van der Waals surface area contributed by atoms with Crippen LogP contribution in [0.25, 0.3) is 10.2 Å². The predicted molar refractivity (Wildman–Crippen MR) is 116 cm³/mol. The number of nitrogens with one attached hydrogen (secondary N) is 2. The van der Waals surface area contributed by atoms with Gasteiger partial charge in [0.25, 0.3) is 5.91 Å². The number of furan rings is 1. The van der Waals surface area contributed by atoms with E-state index in [0.29, 0.717) is 29.5 Å². The summed E-state index contributed by atoms with van der Waals surface area (Å²) in [5.74, 6) is 0.460. The summed E-state index contributed by atoms with van der Waals surface area (Å²) >= 11 is 1.36. The quantitative estimate of drug-likeness (QED) is 0.480. The van der Waals surface area contributed by atoms with Gasteiger partial charge in [0.2, 0.25) is 5.91 Å². The van der Waals surface area contributed by atoms with E-state index in [1.54, 1.807) is 31.2 Å². The number of carbonyl (C=O) groups excluding carboxylic acids is 2. The molecule has 4 aromatic rings. The van der Waals surface area contributed by atoms with E-state index in [-0.39, 0.29) is 17.6 Å². The maximum atomic E-state index is 12.6. The summed E-state index contributed by atoms with van der Waals surface area (Å²) in [6.07, 6.45) is 0.391. The normalized spacial score (nSPS) is 11.0. The number of benzene rings is 1. The number of amides is 2. The summed E-state index contributed by atoms with van der Waals surface area (Å²) in [7, 11) is 0. The number of aryl methyl sites for hydroxylation is 2. The Kier molecular flexibility index (Phi) is 5.37. The molecule has 1 aromatic carbocycles. The molecule has 8 nitrogen and oxygen atoms in total. The average Bonchev–Trinajstić information content (AvgIpc) is 3.40. The Balaban J connectivity index is 1.45. The topological polar surface area (TPSA) is 102 Å². The highest BCUT2D eigenvalue weighted by Gasteiger charge is 2.14. The molecule has 0 bridgehead atoms. The Bertz CT molecular complexity index is 1240. The molecule has 3 aromatic heterocycles. The third kappa shape index (κ3) is 4.25. The minimum atomic E-state index is -0.335. The van der Waals surface area contributed by atoms with Crippen LogP contribution in [0.4, 0.5) is 10.8 Å². The van der Waals surface area contributed by atoms with Gasteiger partial charge >= 0.3 is 0 Å². The second-order valence-electron chi connectivity index (χ2n) is 6.91. The second-order valence-corrected chi connectivity index (χ2v) is 7.94. The Labute approximate surface area is 176 Å². The van der Waals surface area contributed by atoms with Gasteiger partial charge in [-0.15, -0.1) is 0 Å². The fourth-order valence-electron chi connectivity index (χ4n) is 3.02. The largest absolute Gasteiger partial charge is 0.454 e. The number of nitrogens with zero attached hydrogens (tertiary/aromatic N) is 3. The lowest BCUT2D eigenvalue weighted by Crippen LogP contribution is -2.10. The van der Waals surface area contributed by atoms with Crippen molar-refractivity contribution in [3.8, 4) is 0 Å². The smallest absolute Gasteiger partial charge is 0.291 e. The average molecular weight is 423 g/mol. The van der Waals surface area contributed by atoms with E-state index >= 15 is 0 Å². The maximum absolute atomic E-state index is 12.6. The van der Waals surface area contributed by atoms with E-state index in [1.807, 2.05) is 30.7 Å². The second kappa shape index (κ2) is 8.11. The molecule has 30 heavy (non-hydrogen) atoms. The van der Waals surface area contributed by atoms with Crippen molar-refractivity contribution in [3.63, 3.8) is 0 Å². The zero-order valence-corrected chi connectivity index (χ0v) is 17.7. The summed E-state index contributed by atoms with van der Waals surface area (Å²) in [5, 5.41) is 10.5. The van der Waals surface area contributed by atoms with Gasteiger partial charge in [-0.3, -0.25) is 14.3 Å². The minimum absolute atomic E-state index is 0.0864. The first kappa shape index (κ1) is 19.8. The number of carbonyl (C=O) groups is 2. The van der Waals surface area contributed by atoms with E-state index in [1.165, 1.54) is 11.3 Å². The Hall–Kier alpha value is -3.46. The van der Waals surface area contributed by atoms with Crippen molar-refractivity contribution in [1.29, 1.82) is 0 Å². The molecule has 0 fully saturated rings. The minimum Gasteiger partial charge on any atom is -0.454 e. The lowest BCUT2D eigenvalue weighted by atomic mass is 10.3. The van der Waals surface area contributed by atoms with Crippen LogP contribution in [0.1, 0.15) is 41.0 Å². The van der Waals surface area contributed by atoms with Gasteiger partial charge in [0.1, 0.15) is 5.76 Å². The lowest BCUT2D eigenvalue weighted by Gasteiger charge is -2.03. The van der Waals surface area contributed by atoms with E-state index in [2.05, 4.69) is 20.7 Å². The molecule has 0 aliphatic heterocycles. The van der Waals surface area contributed by atoms with Gasteiger partial charge in [-0.05, 0) is 50.2 Å². The first-order valence-corrected chi connectivity index (χ1v) is 10.3. The summed E-state index contributed by atoms with van der Waals surface area (Å²) < 4.78 is 8.40. The molecule has 0 aliphatic carbocycles. The molecule has 3 heterocycles. The third-order valence-electron chi connectivity index (χ3n) is 4.51. The van der Waals surface area contributed by atoms with Crippen LogP contribution in [0.2, 0.25) is 0 Å². The van der Waals surface area contributed by atoms with Gasteiger partial charge in [-0.1, -0.05) is 18.3 Å². The number of fused-ring (bicyclic) bond motifs is 1. The molecule has 154 valence electrons. The molecular weight excluding hydrogens is 402 g/mol. The van der Waals surface area contributed by atoms with Crippen molar-refractivity contribution in [2.75, 3.05) is 10.6 Å². The van der Waals surface area contributed by atoms with Gasteiger partial charge in [-0.2, -0.15) is 5.10 Å². The molecule has 0 spiro atoms. The first-order chi connectivity index (χ1) is 14.4. The van der Waals surface area contributed by atoms with Gasteiger partial charge in [-0.25, -0.2) is 4.98 Å². The van der Waals surface area contributed by atoms with E-state index in [4.69, 9.17) is 4.42 Å². The molecule has 2 amide bonds. The van der Waals surface area contributed by atoms with E-state index < -0.39 is 0 Å². The fraction of sp³-hybridized carbons (Fsp3) is 0.238. The van der Waals surface area contributed by atoms with Crippen LogP contribution in [-0.2, 0) is 11.3 Å². The van der Waals surface area contributed by atoms with Crippen LogP contribution in [-0.4, -0.2) is 26.6 Å². The molecule has 2 N–H and O–H groups in total. The Morgan fingerprint density at radius 1 is 1.13 bits per heavy atom. The molecule has 9 heteroatoms. The number of anilines is 2. The van der Waals surface area contributed by atoms with Gasteiger partial charge in [0, 0.05) is 17.8 Å². The Morgan fingerprint density at radius 2 is 1.97 bits per heavy atom. The maximum Gasteiger partial charge on any atom is 0.291 e. The molecule has 0 saturated carbocycles. The molecule has 0 unspecified atom stereocenters. The molecule has 0 aliphatic rings. The van der Waals surface area contributed by atoms with Crippen molar-refractivity contribution in [2.24, 2.45) is 0 Å². The van der Waals surface area contributed by atoms with Gasteiger partial charge in [0.15, 0.2) is 10.9 Å². The molecular formula is C21H21N5O3S. The Morgan fingerprint density at radius 3 is 2.70 bits per heavy atom. The number of aromatic nitrogens is 3. The summed E-state index contributed by atoms with van der Waals surface area (Å²) in [6.45, 7) is 6.16. The summed E-state index contributed by atoms with van der Waals surface area (Å²) in [4.78, 5) is 28.5. The zero-order chi connectivity index (χ0) is 21.3. The van der Waals surface area contributed by atoms with Crippen LogP contribution in [0.15, 0.2) is 40.8 Å². The number of hydrogen-bond acceptors (Lipinski definition) is 6. The lowest BCUT2D eigenvalue weighted by molar-refractivity contribution is -0.115. The zero-order valence-electron chi connectivity index (χ0n) is 16.9. The van der Waals surface area contributed by atoms with Crippen LogP contribution < -0.4 is 10.6 Å².